The van der Waals surface area contributed by atoms with Crippen molar-refractivity contribution < 1.29 is 0 Å². The first-order chi connectivity index (χ1) is 10.1. The zero-order valence-electron chi connectivity index (χ0n) is 12.5. The van der Waals surface area contributed by atoms with E-state index < -0.39 is 5.54 Å². The van der Waals surface area contributed by atoms with Gasteiger partial charge >= 0.3 is 0 Å². The molecule has 110 valence electrons. The molecule has 1 aromatic carbocycles. The number of nitriles is 1. The van der Waals surface area contributed by atoms with Crippen LogP contribution >= 0.6 is 11.8 Å². The van der Waals surface area contributed by atoms with Gasteiger partial charge in [-0.3, -0.25) is 5.32 Å². The normalized spacial score (nSPS) is 13.6. The van der Waals surface area contributed by atoms with Crippen LogP contribution in [0.2, 0.25) is 0 Å². The van der Waals surface area contributed by atoms with Gasteiger partial charge in [-0.25, -0.2) is 0 Å². The van der Waals surface area contributed by atoms with Gasteiger partial charge in [0.15, 0.2) is 5.16 Å². The fourth-order valence-corrected chi connectivity index (χ4v) is 3.14. The number of aryl methyl sites for hydroxylation is 1. The predicted molar refractivity (Wildman–Crippen MR) is 83.9 cm³/mol. The van der Waals surface area contributed by atoms with Gasteiger partial charge in [-0.1, -0.05) is 42.1 Å². The van der Waals surface area contributed by atoms with Gasteiger partial charge in [0.2, 0.25) is 0 Å². The van der Waals surface area contributed by atoms with Crippen LogP contribution in [-0.2, 0) is 12.6 Å². The maximum atomic E-state index is 9.63. The average Bonchev–Trinajstić information content (AvgIpc) is 2.85. The first-order valence-corrected chi connectivity index (χ1v) is 7.76. The molecule has 0 aliphatic carbocycles. The number of hydrogen-bond donors (Lipinski definition) is 1. The van der Waals surface area contributed by atoms with Crippen molar-refractivity contribution in [2.75, 3.05) is 12.8 Å². The van der Waals surface area contributed by atoms with E-state index in [9.17, 15) is 5.26 Å². The van der Waals surface area contributed by atoms with Gasteiger partial charge in [-0.2, -0.15) is 5.26 Å². The smallest absolute Gasteiger partial charge is 0.190 e. The second kappa shape index (κ2) is 6.74. The molecule has 5 nitrogen and oxygen atoms in total. The van der Waals surface area contributed by atoms with Crippen molar-refractivity contribution in [3.63, 3.8) is 0 Å². The van der Waals surface area contributed by atoms with Crippen LogP contribution < -0.4 is 5.32 Å². The Bertz CT molecular complexity index is 631. The molecule has 21 heavy (non-hydrogen) atoms. The molecule has 0 bridgehead atoms. The van der Waals surface area contributed by atoms with E-state index in [4.69, 9.17) is 0 Å². The summed E-state index contributed by atoms with van der Waals surface area (Å²) in [4.78, 5) is 0. The highest BCUT2D eigenvalue weighted by atomic mass is 32.2. The second-order valence-corrected chi connectivity index (χ2v) is 5.88. The zero-order valence-corrected chi connectivity index (χ0v) is 13.3. The van der Waals surface area contributed by atoms with Crippen LogP contribution in [0.1, 0.15) is 17.8 Å². The lowest BCUT2D eigenvalue weighted by Crippen LogP contribution is -2.39. The van der Waals surface area contributed by atoms with Gasteiger partial charge in [0.1, 0.15) is 11.4 Å². The van der Waals surface area contributed by atoms with E-state index in [-0.39, 0.29) is 0 Å². The van der Waals surface area contributed by atoms with E-state index in [1.165, 1.54) is 0 Å². The quantitative estimate of drug-likeness (QED) is 0.829. The Labute approximate surface area is 129 Å². The minimum atomic E-state index is -0.665. The van der Waals surface area contributed by atoms with Crippen molar-refractivity contribution in [1.29, 1.82) is 5.26 Å². The summed E-state index contributed by atoms with van der Waals surface area (Å²) in [5.41, 5.74) is 0.326. The van der Waals surface area contributed by atoms with E-state index >= 15 is 0 Å². The van der Waals surface area contributed by atoms with Crippen molar-refractivity contribution in [2.24, 2.45) is 7.05 Å². The average molecular weight is 301 g/mol. The molecule has 0 radical (unpaired) electrons. The molecular weight excluding hydrogens is 282 g/mol. The maximum Gasteiger partial charge on any atom is 0.190 e. The predicted octanol–water partition coefficient (Wildman–Crippen LogP) is 2.24. The van der Waals surface area contributed by atoms with E-state index in [0.717, 1.165) is 22.3 Å². The van der Waals surface area contributed by atoms with Crippen LogP contribution in [-0.4, -0.2) is 27.6 Å². The number of thioether (sulfide) groups is 1. The largest absolute Gasteiger partial charge is 0.309 e. The SMILES string of the molecule is CNC(C#N)(CCSc1nnc(C)n1C)c1ccccc1. The highest BCUT2D eigenvalue weighted by Crippen LogP contribution is 2.27. The van der Waals surface area contributed by atoms with Crippen molar-refractivity contribution >= 4 is 11.8 Å². The molecule has 0 saturated carbocycles. The number of nitrogens with zero attached hydrogens (tertiary/aromatic N) is 4. The zero-order chi connectivity index (χ0) is 15.3. The van der Waals surface area contributed by atoms with E-state index in [0.29, 0.717) is 6.42 Å². The highest BCUT2D eigenvalue weighted by Gasteiger charge is 2.30. The van der Waals surface area contributed by atoms with Crippen LogP contribution in [0.5, 0.6) is 0 Å². The molecular formula is C15H19N5S. The number of aromatic nitrogens is 3. The molecule has 1 N–H and O–H groups in total. The van der Waals surface area contributed by atoms with Crippen LogP contribution in [0.15, 0.2) is 35.5 Å². The van der Waals surface area contributed by atoms with Gasteiger partial charge in [-0.15, -0.1) is 10.2 Å². The van der Waals surface area contributed by atoms with Crippen molar-refractivity contribution in [2.45, 2.75) is 24.0 Å². The lowest BCUT2D eigenvalue weighted by molar-refractivity contribution is 0.456. The number of rotatable bonds is 6. The standard InChI is InChI=1S/C15H19N5S/c1-12-18-19-14(20(12)3)21-10-9-15(11-16,17-2)13-7-5-4-6-8-13/h4-8,17H,9-10H2,1-3H3. The van der Waals surface area contributed by atoms with Gasteiger partial charge in [0.25, 0.3) is 0 Å². The molecule has 1 aromatic heterocycles. The van der Waals surface area contributed by atoms with E-state index in [1.54, 1.807) is 11.8 Å². The molecule has 2 rings (SSSR count). The molecule has 0 aliphatic rings. The van der Waals surface area contributed by atoms with Gasteiger partial charge < -0.3 is 4.57 Å². The minimum Gasteiger partial charge on any atom is -0.309 e. The fourth-order valence-electron chi connectivity index (χ4n) is 2.12. The highest BCUT2D eigenvalue weighted by molar-refractivity contribution is 7.99. The van der Waals surface area contributed by atoms with Gasteiger partial charge in [0.05, 0.1) is 6.07 Å². The molecule has 1 atom stereocenters. The Morgan fingerprint density at radius 3 is 2.57 bits per heavy atom. The summed E-state index contributed by atoms with van der Waals surface area (Å²) < 4.78 is 1.96. The van der Waals surface area contributed by atoms with E-state index in [1.807, 2.05) is 55.9 Å². The molecule has 1 unspecified atom stereocenters. The van der Waals surface area contributed by atoms with Crippen molar-refractivity contribution in [1.82, 2.24) is 20.1 Å². The van der Waals surface area contributed by atoms with E-state index in [2.05, 4.69) is 21.6 Å². The molecule has 0 spiro atoms. The third kappa shape index (κ3) is 3.26. The molecule has 0 aliphatic heterocycles. The van der Waals surface area contributed by atoms with Crippen molar-refractivity contribution in [3.05, 3.63) is 41.7 Å². The van der Waals surface area contributed by atoms with Gasteiger partial charge in [0, 0.05) is 12.8 Å². The van der Waals surface area contributed by atoms with Crippen LogP contribution in [0.25, 0.3) is 0 Å². The summed E-state index contributed by atoms with van der Waals surface area (Å²) in [6.07, 6.45) is 0.695. The number of nitrogens with one attached hydrogen (secondary N) is 1. The summed E-state index contributed by atoms with van der Waals surface area (Å²) in [6.45, 7) is 1.92. The summed E-state index contributed by atoms with van der Waals surface area (Å²) in [7, 11) is 3.78. The van der Waals surface area contributed by atoms with Crippen LogP contribution in [0, 0.1) is 18.3 Å². The minimum absolute atomic E-state index is 0.665. The molecule has 1 heterocycles. The lowest BCUT2D eigenvalue weighted by Gasteiger charge is -2.26. The molecule has 0 amide bonds. The Balaban J connectivity index is 2.08. The Morgan fingerprint density at radius 1 is 1.33 bits per heavy atom. The molecule has 0 saturated heterocycles. The Hall–Kier alpha value is -1.84. The Kier molecular flexibility index (Phi) is 4.99. The number of hydrogen-bond acceptors (Lipinski definition) is 5. The van der Waals surface area contributed by atoms with Crippen LogP contribution in [0.3, 0.4) is 0 Å². The summed E-state index contributed by atoms with van der Waals surface area (Å²) in [5.74, 6) is 1.68. The van der Waals surface area contributed by atoms with Crippen LogP contribution in [0.4, 0.5) is 0 Å². The third-order valence-corrected chi connectivity index (χ3v) is 4.67. The molecule has 6 heteroatoms. The first kappa shape index (κ1) is 15.5. The van der Waals surface area contributed by atoms with Crippen molar-refractivity contribution in [3.8, 4) is 6.07 Å². The second-order valence-electron chi connectivity index (χ2n) is 4.82. The molecule has 2 aromatic rings. The maximum absolute atomic E-state index is 9.63. The topological polar surface area (TPSA) is 66.5 Å². The lowest BCUT2D eigenvalue weighted by atomic mass is 9.89. The number of benzene rings is 1. The fraction of sp³-hybridized carbons (Fsp3) is 0.400. The summed E-state index contributed by atoms with van der Waals surface area (Å²) >= 11 is 1.62. The molecule has 0 fully saturated rings. The first-order valence-electron chi connectivity index (χ1n) is 6.77. The third-order valence-electron chi connectivity index (χ3n) is 3.65. The Morgan fingerprint density at radius 2 is 2.05 bits per heavy atom. The summed E-state index contributed by atoms with van der Waals surface area (Å²) in [5, 5.41) is 21.9. The summed E-state index contributed by atoms with van der Waals surface area (Å²) in [6, 6.07) is 12.3. The monoisotopic (exact) mass is 301 g/mol. The van der Waals surface area contributed by atoms with Gasteiger partial charge in [-0.05, 0) is 26.0 Å².